The molecule has 1 saturated heterocycles. The van der Waals surface area contributed by atoms with Gasteiger partial charge in [-0.15, -0.1) is 0 Å². The summed E-state index contributed by atoms with van der Waals surface area (Å²) in [7, 11) is 1.88. The molecule has 2 aromatic rings. The van der Waals surface area contributed by atoms with Crippen LogP contribution in [0.15, 0.2) is 10.6 Å². The molecule has 0 bridgehead atoms. The summed E-state index contributed by atoms with van der Waals surface area (Å²) < 4.78 is 6.97. The summed E-state index contributed by atoms with van der Waals surface area (Å²) >= 11 is 6.56. The fraction of sp³-hybridized carbons (Fsp3) is 0.714. The van der Waals surface area contributed by atoms with Gasteiger partial charge in [0.1, 0.15) is 22.3 Å². The first kappa shape index (κ1) is 21.3. The van der Waals surface area contributed by atoms with Gasteiger partial charge in [0.25, 0.3) is 0 Å². The molecule has 1 aliphatic rings. The van der Waals surface area contributed by atoms with E-state index in [2.05, 4.69) is 34.3 Å². The highest BCUT2D eigenvalue weighted by Crippen LogP contribution is 2.28. The number of nitrogens with one attached hydrogen (secondary N) is 1. The quantitative estimate of drug-likeness (QED) is 0.714. The van der Waals surface area contributed by atoms with E-state index in [1.807, 2.05) is 20.0 Å². The van der Waals surface area contributed by atoms with Gasteiger partial charge < -0.3 is 14.7 Å². The lowest BCUT2D eigenvalue weighted by molar-refractivity contribution is 0.260. The molecule has 0 radical (unpaired) electrons. The van der Waals surface area contributed by atoms with Crippen LogP contribution in [0.5, 0.6) is 0 Å². The second kappa shape index (κ2) is 9.90. The van der Waals surface area contributed by atoms with Crippen LogP contribution in [0.1, 0.15) is 50.9 Å². The van der Waals surface area contributed by atoms with Crippen LogP contribution >= 0.6 is 11.6 Å². The maximum Gasteiger partial charge on any atom is 0.134 e. The number of halogens is 1. The first-order valence-corrected chi connectivity index (χ1v) is 10.9. The Morgan fingerprint density at radius 3 is 2.89 bits per heavy atom. The molecule has 28 heavy (non-hydrogen) atoms. The second-order valence-corrected chi connectivity index (χ2v) is 8.80. The van der Waals surface area contributed by atoms with E-state index in [-0.39, 0.29) is 0 Å². The zero-order valence-corrected chi connectivity index (χ0v) is 18.4. The van der Waals surface area contributed by atoms with Crippen molar-refractivity contribution in [2.45, 2.75) is 58.9 Å². The normalized spacial score (nSPS) is 18.7. The topological polar surface area (TPSA) is 59.1 Å². The van der Waals surface area contributed by atoms with Crippen molar-refractivity contribution in [3.05, 3.63) is 22.5 Å². The van der Waals surface area contributed by atoms with Gasteiger partial charge in [0.15, 0.2) is 0 Å². The van der Waals surface area contributed by atoms with Crippen LogP contribution < -0.4 is 5.32 Å². The van der Waals surface area contributed by atoms with Crippen molar-refractivity contribution in [1.29, 1.82) is 0 Å². The summed E-state index contributed by atoms with van der Waals surface area (Å²) in [5, 5.41) is 13.2. The maximum absolute atomic E-state index is 6.56. The molecule has 6 nitrogen and oxygen atoms in total. The lowest BCUT2D eigenvalue weighted by atomic mass is 10.1. The molecule has 2 aromatic heterocycles. The Kier molecular flexibility index (Phi) is 7.55. The molecule has 1 fully saturated rings. The minimum absolute atomic E-state index is 0.586. The van der Waals surface area contributed by atoms with Gasteiger partial charge in [0, 0.05) is 37.8 Å². The van der Waals surface area contributed by atoms with E-state index < -0.39 is 0 Å². The van der Waals surface area contributed by atoms with Crippen molar-refractivity contribution in [3.63, 3.8) is 0 Å². The Morgan fingerprint density at radius 1 is 1.36 bits per heavy atom. The summed E-state index contributed by atoms with van der Waals surface area (Å²) in [4.78, 5) is 2.57. The van der Waals surface area contributed by atoms with Crippen molar-refractivity contribution in [3.8, 4) is 11.4 Å². The Balaban J connectivity index is 1.63. The van der Waals surface area contributed by atoms with Crippen molar-refractivity contribution < 1.29 is 4.52 Å². The van der Waals surface area contributed by atoms with Crippen LogP contribution in [0, 0.1) is 12.8 Å². The largest absolute Gasteiger partial charge is 0.361 e. The zero-order valence-electron chi connectivity index (χ0n) is 17.7. The average molecular weight is 408 g/mol. The summed E-state index contributed by atoms with van der Waals surface area (Å²) in [5.74, 6) is 1.53. The molecule has 1 atom stereocenters. The van der Waals surface area contributed by atoms with Gasteiger partial charge >= 0.3 is 0 Å². The minimum atomic E-state index is 0.586. The molecule has 0 aromatic carbocycles. The van der Waals surface area contributed by atoms with Gasteiger partial charge in [-0.25, -0.2) is 0 Å². The molecule has 0 saturated carbocycles. The SMILES string of the molecule is Cc1cc(-c2nn(C)c(Cl)c2CCN2CCCC[C@H](NCCC(C)C)C2)no1. The first-order valence-electron chi connectivity index (χ1n) is 10.5. The molecule has 0 amide bonds. The third-order valence-electron chi connectivity index (χ3n) is 5.53. The highest BCUT2D eigenvalue weighted by atomic mass is 35.5. The number of hydrogen-bond donors (Lipinski definition) is 1. The number of likely N-dealkylation sites (tertiary alicyclic amines) is 1. The average Bonchev–Trinajstić information content (AvgIpc) is 3.10. The zero-order chi connectivity index (χ0) is 20.1. The second-order valence-electron chi connectivity index (χ2n) is 8.44. The number of aryl methyl sites for hydroxylation is 2. The van der Waals surface area contributed by atoms with E-state index >= 15 is 0 Å². The Hall–Kier alpha value is -1.37. The van der Waals surface area contributed by atoms with Crippen LogP contribution in [0.4, 0.5) is 0 Å². The molecular weight excluding hydrogens is 374 g/mol. The van der Waals surface area contributed by atoms with Crippen LogP contribution in [0.2, 0.25) is 5.15 Å². The number of aromatic nitrogens is 3. The smallest absolute Gasteiger partial charge is 0.134 e. The van der Waals surface area contributed by atoms with Crippen molar-refractivity contribution in [1.82, 2.24) is 25.2 Å². The third kappa shape index (κ3) is 5.58. The fourth-order valence-corrected chi connectivity index (χ4v) is 4.11. The summed E-state index contributed by atoms with van der Waals surface area (Å²) in [5.41, 5.74) is 2.66. The molecule has 0 unspecified atom stereocenters. The minimum Gasteiger partial charge on any atom is -0.361 e. The van der Waals surface area contributed by atoms with E-state index in [1.165, 1.54) is 25.7 Å². The van der Waals surface area contributed by atoms with Gasteiger partial charge in [0.05, 0.1) is 0 Å². The standard InChI is InChI=1S/C21H34ClN5O/c1-15(2)8-10-23-17-7-5-6-11-27(14-17)12-9-18-20(24-26(4)21(18)22)19-13-16(3)28-25-19/h13,15,17,23H,5-12,14H2,1-4H3/t17-/m0/s1. The highest BCUT2D eigenvalue weighted by Gasteiger charge is 2.22. The predicted octanol–water partition coefficient (Wildman–Crippen LogP) is 4.07. The van der Waals surface area contributed by atoms with E-state index in [9.17, 15) is 0 Å². The predicted molar refractivity (Wildman–Crippen MR) is 114 cm³/mol. The Morgan fingerprint density at radius 2 is 2.18 bits per heavy atom. The Bertz CT molecular complexity index is 754. The molecule has 156 valence electrons. The Labute approximate surface area is 173 Å². The number of nitrogens with zero attached hydrogens (tertiary/aromatic N) is 4. The third-order valence-corrected chi connectivity index (χ3v) is 6.00. The molecule has 1 aliphatic heterocycles. The number of rotatable bonds is 8. The molecule has 1 N–H and O–H groups in total. The molecular formula is C21H34ClN5O. The van der Waals surface area contributed by atoms with Gasteiger partial charge in [0.2, 0.25) is 0 Å². The van der Waals surface area contributed by atoms with Crippen LogP contribution in [-0.2, 0) is 13.5 Å². The van der Waals surface area contributed by atoms with Crippen molar-refractivity contribution >= 4 is 11.6 Å². The molecule has 3 rings (SSSR count). The van der Waals surface area contributed by atoms with E-state index in [1.54, 1.807) is 4.68 Å². The highest BCUT2D eigenvalue weighted by molar-refractivity contribution is 6.30. The van der Waals surface area contributed by atoms with E-state index in [0.717, 1.165) is 61.2 Å². The van der Waals surface area contributed by atoms with Crippen LogP contribution in [-0.4, -0.2) is 52.1 Å². The van der Waals surface area contributed by atoms with E-state index in [4.69, 9.17) is 16.1 Å². The lowest BCUT2D eigenvalue weighted by Crippen LogP contribution is -2.41. The molecule has 0 aliphatic carbocycles. The van der Waals surface area contributed by atoms with Crippen LogP contribution in [0.3, 0.4) is 0 Å². The first-order chi connectivity index (χ1) is 13.4. The summed E-state index contributed by atoms with van der Waals surface area (Å²) in [6.45, 7) is 10.8. The van der Waals surface area contributed by atoms with Gasteiger partial charge in [-0.2, -0.15) is 5.10 Å². The number of hydrogen-bond acceptors (Lipinski definition) is 5. The summed E-state index contributed by atoms with van der Waals surface area (Å²) in [6, 6.07) is 2.51. The maximum atomic E-state index is 6.56. The molecule has 0 spiro atoms. The van der Waals surface area contributed by atoms with E-state index in [0.29, 0.717) is 11.2 Å². The summed E-state index contributed by atoms with van der Waals surface area (Å²) in [6.07, 6.45) is 5.94. The van der Waals surface area contributed by atoms with Crippen molar-refractivity contribution in [2.24, 2.45) is 13.0 Å². The van der Waals surface area contributed by atoms with Gasteiger partial charge in [-0.05, 0) is 51.6 Å². The molecule has 3 heterocycles. The van der Waals surface area contributed by atoms with Crippen LogP contribution in [0.25, 0.3) is 11.4 Å². The lowest BCUT2D eigenvalue weighted by Gasteiger charge is -2.25. The van der Waals surface area contributed by atoms with Gasteiger partial charge in [-0.1, -0.05) is 37.0 Å². The van der Waals surface area contributed by atoms with Crippen molar-refractivity contribution in [2.75, 3.05) is 26.2 Å². The fourth-order valence-electron chi connectivity index (χ4n) is 3.89. The monoisotopic (exact) mass is 407 g/mol. The van der Waals surface area contributed by atoms with Gasteiger partial charge in [-0.3, -0.25) is 4.68 Å². The molecule has 7 heteroatoms.